The van der Waals surface area contributed by atoms with E-state index in [9.17, 15) is 4.79 Å². The van der Waals surface area contributed by atoms with Crippen molar-refractivity contribution < 1.29 is 0 Å². The first kappa shape index (κ1) is 10.0. The fraction of sp³-hybridized carbons (Fsp3) is 0.417. The highest BCUT2D eigenvalue weighted by molar-refractivity contribution is 8.00. The molecule has 3 rings (SSSR count). The minimum absolute atomic E-state index is 0.0190. The van der Waals surface area contributed by atoms with Gasteiger partial charge in [-0.15, -0.1) is 0 Å². The monoisotopic (exact) mass is 234 g/mol. The first-order valence-corrected chi connectivity index (χ1v) is 6.67. The average Bonchev–Trinajstić information content (AvgIpc) is 2.90. The highest BCUT2D eigenvalue weighted by atomic mass is 32.2. The molecule has 84 valence electrons. The number of hydrogen-bond donors (Lipinski definition) is 1. The number of hydrogen-bond acceptors (Lipinski definition) is 2. The lowest BCUT2D eigenvalue weighted by Gasteiger charge is -2.10. The van der Waals surface area contributed by atoms with Gasteiger partial charge >= 0.3 is 0 Å². The van der Waals surface area contributed by atoms with Crippen molar-refractivity contribution in [3.8, 4) is 0 Å². The van der Waals surface area contributed by atoms with Gasteiger partial charge in [0.2, 0.25) is 0 Å². The second-order valence-electron chi connectivity index (χ2n) is 4.21. The van der Waals surface area contributed by atoms with Crippen molar-refractivity contribution >= 4 is 22.7 Å². The molecule has 1 atom stereocenters. The minimum Gasteiger partial charge on any atom is -0.342 e. The zero-order valence-corrected chi connectivity index (χ0v) is 9.80. The Bertz CT molecular complexity index is 551. The number of nitrogens with one attached hydrogen (secondary N) is 1. The Kier molecular flexibility index (Phi) is 2.52. The number of rotatable bonds is 2. The maximum atomic E-state index is 11.8. The lowest BCUT2D eigenvalue weighted by Crippen LogP contribution is -2.14. The van der Waals surface area contributed by atoms with Crippen LogP contribution in [0.4, 0.5) is 0 Å². The van der Waals surface area contributed by atoms with E-state index in [1.54, 1.807) is 6.20 Å². The van der Waals surface area contributed by atoms with Crippen LogP contribution in [0.2, 0.25) is 0 Å². The lowest BCUT2D eigenvalue weighted by atomic mass is 10.2. The van der Waals surface area contributed by atoms with Crippen LogP contribution in [-0.4, -0.2) is 20.6 Å². The number of thioether (sulfide) groups is 1. The van der Waals surface area contributed by atoms with Crippen LogP contribution in [0.25, 0.3) is 10.9 Å². The highest BCUT2D eigenvalue weighted by Gasteiger charge is 2.17. The predicted molar refractivity (Wildman–Crippen MR) is 68.0 cm³/mol. The molecule has 16 heavy (non-hydrogen) atoms. The van der Waals surface area contributed by atoms with Gasteiger partial charge in [-0.25, -0.2) is 0 Å². The summed E-state index contributed by atoms with van der Waals surface area (Å²) >= 11 is 2.02. The normalized spacial score (nSPS) is 20.6. The van der Waals surface area contributed by atoms with E-state index in [2.05, 4.69) is 9.55 Å². The Labute approximate surface area is 97.9 Å². The van der Waals surface area contributed by atoms with Crippen LogP contribution in [0.3, 0.4) is 0 Å². The van der Waals surface area contributed by atoms with Crippen LogP contribution in [-0.2, 0) is 6.54 Å². The number of pyridine rings is 1. The van der Waals surface area contributed by atoms with Gasteiger partial charge in [0.1, 0.15) is 5.52 Å². The van der Waals surface area contributed by atoms with E-state index in [0.29, 0.717) is 5.25 Å². The summed E-state index contributed by atoms with van der Waals surface area (Å²) in [5, 5.41) is 1.71. The molecular formula is C12H14N2OS. The number of nitrogens with zero attached hydrogens (tertiary/aromatic N) is 1. The third-order valence-corrected chi connectivity index (χ3v) is 4.49. The molecule has 1 aliphatic heterocycles. The molecule has 1 saturated heterocycles. The molecule has 0 amide bonds. The van der Waals surface area contributed by atoms with E-state index in [1.165, 1.54) is 18.6 Å². The summed E-state index contributed by atoms with van der Waals surface area (Å²) in [7, 11) is 0. The van der Waals surface area contributed by atoms with Crippen molar-refractivity contribution in [2.45, 2.75) is 24.6 Å². The van der Waals surface area contributed by atoms with Crippen LogP contribution in [0.1, 0.15) is 12.8 Å². The van der Waals surface area contributed by atoms with Crippen molar-refractivity contribution in [2.24, 2.45) is 0 Å². The number of fused-ring (bicyclic) bond motifs is 1. The first-order valence-electron chi connectivity index (χ1n) is 5.63. The predicted octanol–water partition coefficient (Wildman–Crippen LogP) is 2.23. The third kappa shape index (κ3) is 1.67. The average molecular weight is 234 g/mol. The van der Waals surface area contributed by atoms with Gasteiger partial charge in [0.05, 0.1) is 0 Å². The largest absolute Gasteiger partial charge is 0.342 e. The van der Waals surface area contributed by atoms with E-state index >= 15 is 0 Å². The van der Waals surface area contributed by atoms with Crippen LogP contribution >= 0.6 is 11.8 Å². The Morgan fingerprint density at radius 2 is 2.44 bits per heavy atom. The van der Waals surface area contributed by atoms with Gasteiger partial charge in [0.25, 0.3) is 5.56 Å². The molecule has 0 bridgehead atoms. The van der Waals surface area contributed by atoms with Gasteiger partial charge in [-0.2, -0.15) is 11.8 Å². The molecule has 1 N–H and O–H groups in total. The quantitative estimate of drug-likeness (QED) is 0.865. The zero-order valence-electron chi connectivity index (χ0n) is 8.98. The summed E-state index contributed by atoms with van der Waals surface area (Å²) in [6.07, 6.45) is 6.32. The molecular weight excluding hydrogens is 220 g/mol. The molecule has 0 aromatic carbocycles. The molecule has 1 aliphatic rings. The van der Waals surface area contributed by atoms with Gasteiger partial charge in [-0.1, -0.05) is 0 Å². The molecule has 4 heteroatoms. The highest BCUT2D eigenvalue weighted by Crippen LogP contribution is 2.28. The summed E-state index contributed by atoms with van der Waals surface area (Å²) in [5.74, 6) is 1.26. The number of aromatic nitrogens is 2. The standard InChI is InChI=1S/C12H14N2OS/c15-12-11-9(3-5-13-12)4-6-14(11)8-10-2-1-7-16-10/h3-6,10H,1-2,7-8H2,(H,13,15). The smallest absolute Gasteiger partial charge is 0.272 e. The van der Waals surface area contributed by atoms with Gasteiger partial charge in [-0.05, 0) is 30.7 Å². The second-order valence-corrected chi connectivity index (χ2v) is 5.62. The Morgan fingerprint density at radius 3 is 3.25 bits per heavy atom. The van der Waals surface area contributed by atoms with E-state index in [4.69, 9.17) is 0 Å². The number of H-pyrrole nitrogens is 1. The Balaban J connectivity index is 2.00. The number of aromatic amines is 1. The van der Waals surface area contributed by atoms with Crippen molar-refractivity contribution in [1.29, 1.82) is 0 Å². The maximum absolute atomic E-state index is 11.8. The summed E-state index contributed by atoms with van der Waals surface area (Å²) in [6.45, 7) is 0.960. The Morgan fingerprint density at radius 1 is 1.50 bits per heavy atom. The fourth-order valence-electron chi connectivity index (χ4n) is 2.32. The Hall–Kier alpha value is -1.16. The summed E-state index contributed by atoms with van der Waals surface area (Å²) < 4.78 is 2.09. The lowest BCUT2D eigenvalue weighted by molar-refractivity contribution is 0.654. The van der Waals surface area contributed by atoms with Crippen molar-refractivity contribution in [3.05, 3.63) is 34.9 Å². The van der Waals surface area contributed by atoms with Crippen LogP contribution in [0.15, 0.2) is 29.3 Å². The molecule has 0 saturated carbocycles. The van der Waals surface area contributed by atoms with E-state index in [-0.39, 0.29) is 5.56 Å². The maximum Gasteiger partial charge on any atom is 0.272 e. The topological polar surface area (TPSA) is 37.8 Å². The molecule has 0 radical (unpaired) electrons. The van der Waals surface area contributed by atoms with Gasteiger partial charge in [0.15, 0.2) is 0 Å². The molecule has 2 aromatic rings. The van der Waals surface area contributed by atoms with Crippen molar-refractivity contribution in [1.82, 2.24) is 9.55 Å². The molecule has 1 fully saturated rings. The first-order chi connectivity index (χ1) is 7.84. The summed E-state index contributed by atoms with van der Waals surface area (Å²) in [6, 6.07) is 3.97. The molecule has 0 spiro atoms. The SMILES string of the molecule is O=c1[nH]ccc2ccn(CC3CCCS3)c12. The van der Waals surface area contributed by atoms with Crippen LogP contribution in [0.5, 0.6) is 0 Å². The summed E-state index contributed by atoms with van der Waals surface area (Å²) in [5.41, 5.74) is 0.834. The van der Waals surface area contributed by atoms with Gasteiger partial charge < -0.3 is 9.55 Å². The molecule has 3 heterocycles. The van der Waals surface area contributed by atoms with Crippen molar-refractivity contribution in [2.75, 3.05) is 5.75 Å². The molecule has 2 aromatic heterocycles. The zero-order chi connectivity index (χ0) is 11.0. The van der Waals surface area contributed by atoms with Crippen LogP contribution in [0, 0.1) is 0 Å². The van der Waals surface area contributed by atoms with Crippen molar-refractivity contribution in [3.63, 3.8) is 0 Å². The summed E-state index contributed by atoms with van der Waals surface area (Å²) in [4.78, 5) is 14.5. The molecule has 0 aliphatic carbocycles. The fourth-order valence-corrected chi connectivity index (χ4v) is 3.59. The third-order valence-electron chi connectivity index (χ3n) is 3.11. The molecule has 3 nitrogen and oxygen atoms in total. The minimum atomic E-state index is 0.0190. The molecule has 1 unspecified atom stereocenters. The van der Waals surface area contributed by atoms with E-state index in [0.717, 1.165) is 17.4 Å². The van der Waals surface area contributed by atoms with Gasteiger partial charge in [0, 0.05) is 29.6 Å². The second kappa shape index (κ2) is 4.01. The van der Waals surface area contributed by atoms with Gasteiger partial charge in [-0.3, -0.25) is 4.79 Å². The van der Waals surface area contributed by atoms with E-state index in [1.807, 2.05) is 30.1 Å². The van der Waals surface area contributed by atoms with Crippen LogP contribution < -0.4 is 5.56 Å². The van der Waals surface area contributed by atoms with E-state index < -0.39 is 0 Å².